The Morgan fingerprint density at radius 1 is 0.800 bits per heavy atom. The Balaban J connectivity index is 1.52. The number of phenols is 1. The Morgan fingerprint density at radius 2 is 1.56 bits per heavy atom. The molecule has 1 atom stereocenters. The third-order valence-electron chi connectivity index (χ3n) is 6.48. The summed E-state index contributed by atoms with van der Waals surface area (Å²) in [7, 11) is 4.49. The summed E-state index contributed by atoms with van der Waals surface area (Å²) >= 11 is 1.30. The van der Waals surface area contributed by atoms with Gasteiger partial charge >= 0.3 is 0 Å². The van der Waals surface area contributed by atoms with Crippen molar-refractivity contribution in [2.75, 3.05) is 32.0 Å². The van der Waals surface area contributed by atoms with Crippen LogP contribution in [-0.4, -0.2) is 49.4 Å². The highest BCUT2D eigenvalue weighted by atomic mass is 32.2. The number of benzene rings is 4. The van der Waals surface area contributed by atoms with Crippen LogP contribution in [0.2, 0.25) is 0 Å². The molecule has 1 unspecified atom stereocenters. The van der Waals surface area contributed by atoms with E-state index in [1.807, 2.05) is 6.07 Å². The molecule has 0 radical (unpaired) electrons. The number of thioether (sulfide) groups is 1. The molecule has 3 amide bonds. The van der Waals surface area contributed by atoms with Gasteiger partial charge < -0.3 is 35.3 Å². The van der Waals surface area contributed by atoms with Crippen LogP contribution in [0.3, 0.4) is 0 Å². The molecule has 0 bridgehead atoms. The van der Waals surface area contributed by atoms with Gasteiger partial charge in [0.25, 0.3) is 11.8 Å². The summed E-state index contributed by atoms with van der Waals surface area (Å²) in [6.45, 7) is 1.77. The summed E-state index contributed by atoms with van der Waals surface area (Å²) in [4.78, 5) is 40.3. The van der Waals surface area contributed by atoms with Gasteiger partial charge in [0.15, 0.2) is 0 Å². The normalized spacial score (nSPS) is 11.6. The molecule has 4 rings (SSSR count). The third-order valence-corrected chi connectivity index (χ3v) is 7.58. The summed E-state index contributed by atoms with van der Waals surface area (Å²) in [5, 5.41) is 17.7. The average Bonchev–Trinajstić information content (AvgIpc) is 3.05. The second-order valence-corrected chi connectivity index (χ2v) is 11.0. The monoisotopic (exact) mass is 627 g/mol. The first-order chi connectivity index (χ1) is 21.7. The van der Waals surface area contributed by atoms with E-state index in [9.17, 15) is 19.5 Å². The maximum Gasteiger partial charge on any atom is 0.272 e. The van der Waals surface area contributed by atoms with Gasteiger partial charge in [-0.2, -0.15) is 0 Å². The van der Waals surface area contributed by atoms with Gasteiger partial charge in [-0.15, -0.1) is 11.8 Å². The largest absolute Gasteiger partial charge is 0.508 e. The van der Waals surface area contributed by atoms with E-state index in [0.717, 1.165) is 4.90 Å². The predicted octanol–water partition coefficient (Wildman–Crippen LogP) is 5.95. The van der Waals surface area contributed by atoms with Gasteiger partial charge in [0.05, 0.1) is 32.3 Å². The van der Waals surface area contributed by atoms with Crippen molar-refractivity contribution in [2.45, 2.75) is 17.1 Å². The molecule has 4 aromatic carbocycles. The first kappa shape index (κ1) is 32.5. The molecule has 232 valence electrons. The smallest absolute Gasteiger partial charge is 0.272 e. The van der Waals surface area contributed by atoms with Crippen molar-refractivity contribution in [3.05, 3.63) is 108 Å². The Bertz CT molecular complexity index is 1710. The Labute approximate surface area is 265 Å². The highest BCUT2D eigenvalue weighted by Crippen LogP contribution is 2.32. The van der Waals surface area contributed by atoms with Crippen LogP contribution < -0.4 is 30.2 Å². The quantitative estimate of drug-likeness (QED) is 0.112. The van der Waals surface area contributed by atoms with Crippen molar-refractivity contribution in [2.24, 2.45) is 0 Å². The fourth-order valence-electron chi connectivity index (χ4n) is 4.17. The molecule has 0 aliphatic carbocycles. The first-order valence-electron chi connectivity index (χ1n) is 13.8. The van der Waals surface area contributed by atoms with Crippen molar-refractivity contribution >= 4 is 46.9 Å². The second-order valence-electron chi connectivity index (χ2n) is 9.60. The van der Waals surface area contributed by atoms with E-state index in [2.05, 4.69) is 16.0 Å². The van der Waals surface area contributed by atoms with Crippen LogP contribution in [0.15, 0.2) is 102 Å². The molecule has 0 aliphatic heterocycles. The molecule has 0 spiro atoms. The van der Waals surface area contributed by atoms with E-state index in [4.69, 9.17) is 14.2 Å². The maximum absolute atomic E-state index is 13.5. The minimum Gasteiger partial charge on any atom is -0.508 e. The van der Waals surface area contributed by atoms with Crippen molar-refractivity contribution < 1.29 is 33.7 Å². The molecule has 4 aromatic rings. The van der Waals surface area contributed by atoms with Crippen LogP contribution in [0, 0.1) is 0 Å². The summed E-state index contributed by atoms with van der Waals surface area (Å²) in [5.41, 5.74) is 1.71. The molecule has 10 nitrogen and oxygen atoms in total. The van der Waals surface area contributed by atoms with E-state index in [1.54, 1.807) is 79.7 Å². The highest BCUT2D eigenvalue weighted by Gasteiger charge is 2.19. The van der Waals surface area contributed by atoms with Gasteiger partial charge in [-0.25, -0.2) is 0 Å². The molecule has 0 aromatic heterocycles. The number of rotatable bonds is 12. The summed E-state index contributed by atoms with van der Waals surface area (Å²) < 4.78 is 16.0. The van der Waals surface area contributed by atoms with E-state index >= 15 is 0 Å². The first-order valence-corrected chi connectivity index (χ1v) is 14.6. The second kappa shape index (κ2) is 15.3. The Morgan fingerprint density at radius 3 is 2.27 bits per heavy atom. The molecule has 0 saturated heterocycles. The zero-order valence-corrected chi connectivity index (χ0v) is 25.9. The minimum atomic E-state index is -0.590. The number of phenolic OH excluding ortho intramolecular Hbond substituents is 1. The van der Waals surface area contributed by atoms with Gasteiger partial charge in [0.2, 0.25) is 5.91 Å². The Hall–Kier alpha value is -5.42. The van der Waals surface area contributed by atoms with Crippen LogP contribution in [0.25, 0.3) is 6.08 Å². The fourth-order valence-corrected chi connectivity index (χ4v) is 5.09. The fraction of sp³-hybridized carbons (Fsp3) is 0.147. The maximum atomic E-state index is 13.5. The van der Waals surface area contributed by atoms with Crippen LogP contribution in [0.5, 0.6) is 23.0 Å². The lowest BCUT2D eigenvalue weighted by atomic mass is 10.1. The van der Waals surface area contributed by atoms with Crippen molar-refractivity contribution in [1.29, 1.82) is 0 Å². The molecule has 0 fully saturated rings. The zero-order chi connectivity index (χ0) is 32.3. The number of nitrogens with one attached hydrogen (secondary N) is 3. The zero-order valence-electron chi connectivity index (χ0n) is 25.1. The predicted molar refractivity (Wildman–Crippen MR) is 175 cm³/mol. The highest BCUT2D eigenvalue weighted by molar-refractivity contribution is 8.00. The van der Waals surface area contributed by atoms with E-state index < -0.39 is 17.1 Å². The lowest BCUT2D eigenvalue weighted by Crippen LogP contribution is -2.30. The van der Waals surface area contributed by atoms with E-state index in [-0.39, 0.29) is 17.4 Å². The SMILES string of the molecule is COc1ccc(OC)c(NC(=O)C(C)Sc2cccc(NC(=O)/C(=C\c3ccc(O)cc3OC)NC(=O)c3ccccc3)c2)c1. The van der Waals surface area contributed by atoms with Crippen molar-refractivity contribution in [3.63, 3.8) is 0 Å². The number of carbonyl (C=O) groups excluding carboxylic acids is 3. The van der Waals surface area contributed by atoms with Gasteiger partial charge in [-0.3, -0.25) is 14.4 Å². The summed E-state index contributed by atoms with van der Waals surface area (Å²) in [6, 6.07) is 25.1. The Kier molecular flexibility index (Phi) is 11.1. The van der Waals surface area contributed by atoms with Gasteiger partial charge in [-0.1, -0.05) is 24.3 Å². The number of ether oxygens (including phenoxy) is 3. The van der Waals surface area contributed by atoms with Crippen molar-refractivity contribution in [3.8, 4) is 23.0 Å². The molecule has 0 aliphatic rings. The van der Waals surface area contributed by atoms with Crippen LogP contribution >= 0.6 is 11.8 Å². The number of aromatic hydroxyl groups is 1. The lowest BCUT2D eigenvalue weighted by molar-refractivity contribution is -0.115. The van der Waals surface area contributed by atoms with E-state index in [0.29, 0.717) is 39.8 Å². The van der Waals surface area contributed by atoms with Crippen molar-refractivity contribution in [1.82, 2.24) is 5.32 Å². The standard InChI is InChI=1S/C34H33N3O7S/c1-21(32(39)36-28-20-26(42-2)15-16-30(28)43-3)45-27-12-8-11-24(18-27)35-34(41)29(37-33(40)22-9-6-5-7-10-22)17-23-13-14-25(38)19-31(23)44-4/h5-21,38H,1-4H3,(H,35,41)(H,36,39)(H,37,40)/b29-17+. The molecular weight excluding hydrogens is 594 g/mol. The minimum absolute atomic E-state index is 0.0109. The summed E-state index contributed by atoms with van der Waals surface area (Å²) in [6.07, 6.45) is 1.46. The summed E-state index contributed by atoms with van der Waals surface area (Å²) in [5.74, 6) is 0.0534. The molecule has 11 heteroatoms. The number of anilines is 2. The molecular formula is C34H33N3O7S. The average molecular weight is 628 g/mol. The molecule has 4 N–H and O–H groups in total. The third kappa shape index (κ3) is 8.80. The topological polar surface area (TPSA) is 135 Å². The number of methoxy groups -OCH3 is 3. The van der Waals surface area contributed by atoms with Gasteiger partial charge in [-0.05, 0) is 67.6 Å². The number of hydrogen-bond donors (Lipinski definition) is 4. The molecule has 0 saturated carbocycles. The molecule has 0 heterocycles. The van der Waals surface area contributed by atoms with E-state index in [1.165, 1.54) is 51.3 Å². The van der Waals surface area contributed by atoms with Gasteiger partial charge in [0, 0.05) is 33.8 Å². The number of carbonyl (C=O) groups is 3. The lowest BCUT2D eigenvalue weighted by Gasteiger charge is -2.16. The van der Waals surface area contributed by atoms with Crippen LogP contribution in [0.4, 0.5) is 11.4 Å². The van der Waals surface area contributed by atoms with Crippen LogP contribution in [-0.2, 0) is 9.59 Å². The van der Waals surface area contributed by atoms with Gasteiger partial charge in [0.1, 0.15) is 28.7 Å². The number of amides is 3. The van der Waals surface area contributed by atoms with Crippen LogP contribution in [0.1, 0.15) is 22.8 Å². The molecule has 45 heavy (non-hydrogen) atoms. The number of hydrogen-bond acceptors (Lipinski definition) is 8.